The highest BCUT2D eigenvalue weighted by atomic mass is 19.4. The van der Waals surface area contributed by atoms with Crippen LogP contribution in [-0.2, 0) is 15.7 Å². The predicted molar refractivity (Wildman–Crippen MR) is 129 cm³/mol. The van der Waals surface area contributed by atoms with Crippen molar-refractivity contribution in [3.63, 3.8) is 0 Å². The Balaban J connectivity index is 1.33. The molecule has 2 N–H and O–H groups in total. The van der Waals surface area contributed by atoms with Gasteiger partial charge < -0.3 is 19.7 Å². The molecule has 40 heavy (non-hydrogen) atoms. The molecule has 1 saturated heterocycles. The quantitative estimate of drug-likeness (QED) is 0.250. The number of esters is 1. The molecule has 5 rings (SSSR count). The molecule has 0 spiro atoms. The van der Waals surface area contributed by atoms with Crippen molar-refractivity contribution in [3.05, 3.63) is 71.6 Å². The number of nitrogens with one attached hydrogen (secondary N) is 1. The predicted octanol–water partition coefficient (Wildman–Crippen LogP) is 4.46. The molecule has 0 radical (unpaired) electrons. The summed E-state index contributed by atoms with van der Waals surface area (Å²) >= 11 is 0. The topological polar surface area (TPSA) is 115 Å². The van der Waals surface area contributed by atoms with Crippen LogP contribution < -0.4 is 5.32 Å². The van der Waals surface area contributed by atoms with E-state index in [4.69, 9.17) is 9.26 Å². The molecule has 14 heteroatoms. The molecule has 210 valence electrons. The maximum atomic E-state index is 14.2. The maximum Gasteiger partial charge on any atom is 0.434 e. The number of nitrogens with zero attached hydrogens (tertiary/aromatic N) is 4. The molecule has 0 saturated carbocycles. The molecule has 3 heterocycles. The molecular weight excluding hydrogens is 541 g/mol. The lowest BCUT2D eigenvalue weighted by Gasteiger charge is -2.22. The standard InChI is InChI=1S/C26H22F5N5O4/c27-17-7-8-20(19(28)10-17)36-22(26(29,30)31)18(12-33-36)24-34-23(35-40-24)15-5-3-14(4-6-15)21(37)13-39-25(38)16-2-1-9-32-11-16/h3-8,10,12,16,21,32,37H,1-2,9,11,13H2/t16?,21-/m1/s1. The average molecular weight is 563 g/mol. The van der Waals surface area contributed by atoms with Gasteiger partial charge in [0.25, 0.3) is 5.89 Å². The number of aliphatic hydroxyl groups excluding tert-OH is 1. The highest BCUT2D eigenvalue weighted by molar-refractivity contribution is 5.72. The summed E-state index contributed by atoms with van der Waals surface area (Å²) in [5.41, 5.74) is -1.80. The van der Waals surface area contributed by atoms with Crippen LogP contribution >= 0.6 is 0 Å². The van der Waals surface area contributed by atoms with E-state index in [1.54, 1.807) is 0 Å². The molecule has 1 aliphatic rings. The number of hydrogen-bond acceptors (Lipinski definition) is 8. The number of benzene rings is 2. The number of ether oxygens (including phenoxy) is 1. The van der Waals surface area contributed by atoms with E-state index in [1.165, 1.54) is 24.3 Å². The van der Waals surface area contributed by atoms with Crippen LogP contribution in [0.25, 0.3) is 28.5 Å². The van der Waals surface area contributed by atoms with Crippen molar-refractivity contribution in [1.82, 2.24) is 25.2 Å². The molecule has 2 atom stereocenters. The van der Waals surface area contributed by atoms with Crippen molar-refractivity contribution in [1.29, 1.82) is 0 Å². The average Bonchev–Trinajstić information content (AvgIpc) is 3.60. The molecule has 9 nitrogen and oxygen atoms in total. The van der Waals surface area contributed by atoms with Crippen molar-refractivity contribution in [2.75, 3.05) is 19.7 Å². The summed E-state index contributed by atoms with van der Waals surface area (Å²) in [7, 11) is 0. The molecular formula is C26H22F5N5O4. The molecule has 2 aromatic heterocycles. The van der Waals surface area contributed by atoms with Gasteiger partial charge in [0.15, 0.2) is 11.5 Å². The summed E-state index contributed by atoms with van der Waals surface area (Å²) in [5, 5.41) is 20.9. The minimum atomic E-state index is -5.00. The van der Waals surface area contributed by atoms with E-state index in [9.17, 15) is 31.9 Å². The van der Waals surface area contributed by atoms with Crippen LogP contribution in [0.15, 0.2) is 53.2 Å². The van der Waals surface area contributed by atoms with Gasteiger partial charge >= 0.3 is 12.1 Å². The first-order chi connectivity index (χ1) is 19.1. The van der Waals surface area contributed by atoms with Gasteiger partial charge in [0.05, 0.1) is 17.7 Å². The first-order valence-electron chi connectivity index (χ1n) is 12.2. The first kappa shape index (κ1) is 27.4. The van der Waals surface area contributed by atoms with Crippen LogP contribution in [-0.4, -0.2) is 50.7 Å². The lowest BCUT2D eigenvalue weighted by atomic mass is 10.00. The lowest BCUT2D eigenvalue weighted by Crippen LogP contribution is -2.35. The number of aromatic nitrogens is 4. The molecule has 0 amide bonds. The Labute approximate surface area is 223 Å². The fraction of sp³-hybridized carbons (Fsp3) is 0.308. The summed E-state index contributed by atoms with van der Waals surface area (Å²) in [5.74, 6) is -3.42. The van der Waals surface area contributed by atoms with E-state index in [2.05, 4.69) is 20.6 Å². The van der Waals surface area contributed by atoms with Crippen molar-refractivity contribution in [2.24, 2.45) is 5.92 Å². The zero-order valence-corrected chi connectivity index (χ0v) is 20.7. The Morgan fingerprint density at radius 2 is 1.98 bits per heavy atom. The Bertz CT molecular complexity index is 1500. The van der Waals surface area contributed by atoms with E-state index >= 15 is 0 Å². The minimum absolute atomic E-state index is 0.0545. The Morgan fingerprint density at radius 3 is 2.65 bits per heavy atom. The second-order valence-electron chi connectivity index (χ2n) is 9.15. The number of carbonyl (C=O) groups is 1. The second-order valence-corrected chi connectivity index (χ2v) is 9.15. The van der Waals surface area contributed by atoms with Crippen LogP contribution in [0.3, 0.4) is 0 Å². The number of rotatable bonds is 7. The van der Waals surface area contributed by atoms with Crippen LogP contribution in [0.4, 0.5) is 22.0 Å². The van der Waals surface area contributed by atoms with Gasteiger partial charge in [-0.05, 0) is 37.1 Å². The van der Waals surface area contributed by atoms with Gasteiger partial charge in [-0.3, -0.25) is 4.79 Å². The second kappa shape index (κ2) is 11.1. The van der Waals surface area contributed by atoms with Crippen molar-refractivity contribution < 1.29 is 41.1 Å². The van der Waals surface area contributed by atoms with Crippen LogP contribution in [0.1, 0.15) is 30.2 Å². The fourth-order valence-electron chi connectivity index (χ4n) is 4.35. The monoisotopic (exact) mass is 563 g/mol. The number of aliphatic hydroxyl groups is 1. The number of hydrogen-bond donors (Lipinski definition) is 2. The van der Waals surface area contributed by atoms with Gasteiger partial charge in [-0.2, -0.15) is 23.3 Å². The Morgan fingerprint density at radius 1 is 1.20 bits per heavy atom. The normalized spacial score (nSPS) is 16.6. The Kier molecular flexibility index (Phi) is 7.63. The Hall–Kier alpha value is -4.17. The first-order valence-corrected chi connectivity index (χ1v) is 12.2. The van der Waals surface area contributed by atoms with E-state index in [0.29, 0.717) is 28.4 Å². The van der Waals surface area contributed by atoms with Gasteiger partial charge in [-0.15, -0.1) is 0 Å². The van der Waals surface area contributed by atoms with Crippen LogP contribution in [0, 0.1) is 17.6 Å². The van der Waals surface area contributed by atoms with Crippen molar-refractivity contribution in [3.8, 4) is 28.5 Å². The van der Waals surface area contributed by atoms with Gasteiger partial charge in [-0.25, -0.2) is 13.5 Å². The molecule has 1 fully saturated rings. The number of carbonyl (C=O) groups excluding carboxylic acids is 1. The van der Waals surface area contributed by atoms with Gasteiger partial charge in [-0.1, -0.05) is 29.4 Å². The molecule has 0 aliphatic carbocycles. The maximum absolute atomic E-state index is 14.2. The third-order valence-corrected chi connectivity index (χ3v) is 6.40. The van der Waals surface area contributed by atoms with Crippen LogP contribution in [0.2, 0.25) is 0 Å². The summed E-state index contributed by atoms with van der Waals surface area (Å²) in [6.07, 6.45) is -3.71. The SMILES string of the molecule is O=C(OC[C@@H](O)c1ccc(-c2noc(-c3cnn(-c4ccc(F)cc4F)c3C(F)(F)F)n2)cc1)C1CCCNC1. The zero-order valence-electron chi connectivity index (χ0n) is 20.7. The van der Waals surface area contributed by atoms with E-state index in [1.807, 2.05) is 0 Å². The molecule has 4 aromatic rings. The van der Waals surface area contributed by atoms with E-state index in [-0.39, 0.29) is 24.3 Å². The van der Waals surface area contributed by atoms with E-state index < -0.39 is 46.8 Å². The van der Waals surface area contributed by atoms with Gasteiger partial charge in [0, 0.05) is 18.2 Å². The number of piperidine rings is 1. The highest BCUT2D eigenvalue weighted by Crippen LogP contribution is 2.38. The largest absolute Gasteiger partial charge is 0.462 e. The van der Waals surface area contributed by atoms with E-state index in [0.717, 1.165) is 37.7 Å². The van der Waals surface area contributed by atoms with Crippen LogP contribution in [0.5, 0.6) is 0 Å². The molecule has 0 bridgehead atoms. The van der Waals surface area contributed by atoms with Gasteiger partial charge in [0.2, 0.25) is 5.82 Å². The van der Waals surface area contributed by atoms with Crippen molar-refractivity contribution >= 4 is 5.97 Å². The van der Waals surface area contributed by atoms with Gasteiger partial charge in [0.1, 0.15) is 24.2 Å². The summed E-state index contributed by atoms with van der Waals surface area (Å²) in [6.45, 7) is 1.15. The third kappa shape index (κ3) is 5.72. The lowest BCUT2D eigenvalue weighted by molar-refractivity contribution is -0.152. The summed E-state index contributed by atoms with van der Waals surface area (Å²) in [4.78, 5) is 16.2. The fourth-order valence-corrected chi connectivity index (χ4v) is 4.35. The molecule has 2 aromatic carbocycles. The van der Waals surface area contributed by atoms with Crippen molar-refractivity contribution in [2.45, 2.75) is 25.1 Å². The minimum Gasteiger partial charge on any atom is -0.462 e. The highest BCUT2D eigenvalue weighted by Gasteiger charge is 2.41. The molecule has 1 unspecified atom stereocenters. The number of alkyl halides is 3. The third-order valence-electron chi connectivity index (χ3n) is 6.40. The zero-order chi connectivity index (χ0) is 28.4. The molecule has 1 aliphatic heterocycles. The summed E-state index contributed by atoms with van der Waals surface area (Å²) in [6, 6.07) is 8.18. The number of halogens is 5. The smallest absolute Gasteiger partial charge is 0.434 e. The summed E-state index contributed by atoms with van der Waals surface area (Å²) < 4.78 is 80.1.